The van der Waals surface area contributed by atoms with E-state index in [-0.39, 0.29) is 0 Å². The SMILES string of the molecule is COC(=O)c1cc(Br)c2c(cnn2C(=O)OC(C)(C)C)c1. The number of hydrogen-bond donors (Lipinski definition) is 0. The molecule has 0 fully saturated rings. The van der Waals surface area contributed by atoms with Gasteiger partial charge < -0.3 is 9.47 Å². The van der Waals surface area contributed by atoms with Gasteiger partial charge in [0.15, 0.2) is 0 Å². The number of benzene rings is 1. The van der Waals surface area contributed by atoms with Crippen LogP contribution in [0.4, 0.5) is 4.79 Å². The Labute approximate surface area is 130 Å². The highest BCUT2D eigenvalue weighted by Crippen LogP contribution is 2.27. The number of rotatable bonds is 1. The van der Waals surface area contributed by atoms with E-state index < -0.39 is 17.7 Å². The number of carbonyl (C=O) groups is 2. The lowest BCUT2D eigenvalue weighted by Gasteiger charge is -2.19. The van der Waals surface area contributed by atoms with Crippen molar-refractivity contribution in [2.75, 3.05) is 7.11 Å². The van der Waals surface area contributed by atoms with Crippen LogP contribution in [0, 0.1) is 0 Å². The van der Waals surface area contributed by atoms with Crippen LogP contribution in [0.15, 0.2) is 22.8 Å². The lowest BCUT2D eigenvalue weighted by molar-refractivity contribution is 0.0521. The molecule has 0 radical (unpaired) electrons. The zero-order valence-electron chi connectivity index (χ0n) is 12.1. The van der Waals surface area contributed by atoms with Gasteiger partial charge in [0.2, 0.25) is 0 Å². The molecule has 0 saturated heterocycles. The molecule has 2 rings (SSSR count). The van der Waals surface area contributed by atoms with Crippen LogP contribution in [-0.2, 0) is 9.47 Å². The number of nitrogens with zero attached hydrogens (tertiary/aromatic N) is 2. The van der Waals surface area contributed by atoms with E-state index in [1.807, 2.05) is 0 Å². The molecule has 2 aromatic rings. The predicted octanol–water partition coefficient (Wildman–Crippen LogP) is 3.37. The third kappa shape index (κ3) is 3.24. The van der Waals surface area contributed by atoms with Crippen LogP contribution < -0.4 is 0 Å². The third-order valence-corrected chi connectivity index (χ3v) is 3.21. The number of ether oxygens (including phenoxy) is 2. The van der Waals surface area contributed by atoms with Crippen molar-refractivity contribution in [1.82, 2.24) is 9.78 Å². The summed E-state index contributed by atoms with van der Waals surface area (Å²) >= 11 is 3.35. The van der Waals surface area contributed by atoms with Crippen molar-refractivity contribution in [3.05, 3.63) is 28.4 Å². The van der Waals surface area contributed by atoms with E-state index in [2.05, 4.69) is 25.8 Å². The molecule has 0 bridgehead atoms. The van der Waals surface area contributed by atoms with Gasteiger partial charge in [0, 0.05) is 9.86 Å². The van der Waals surface area contributed by atoms with Crippen molar-refractivity contribution in [3.8, 4) is 0 Å². The van der Waals surface area contributed by atoms with Crippen LogP contribution >= 0.6 is 15.9 Å². The minimum Gasteiger partial charge on any atom is -0.465 e. The number of halogens is 1. The molecule has 1 aromatic carbocycles. The van der Waals surface area contributed by atoms with Crippen LogP contribution in [0.3, 0.4) is 0 Å². The van der Waals surface area contributed by atoms with Crippen molar-refractivity contribution in [1.29, 1.82) is 0 Å². The van der Waals surface area contributed by atoms with Gasteiger partial charge in [-0.1, -0.05) is 0 Å². The minimum absolute atomic E-state index is 0.376. The molecular formula is C14H15BrN2O4. The highest BCUT2D eigenvalue weighted by atomic mass is 79.9. The normalized spacial score (nSPS) is 11.5. The Morgan fingerprint density at radius 2 is 1.95 bits per heavy atom. The number of hydrogen-bond acceptors (Lipinski definition) is 5. The molecule has 21 heavy (non-hydrogen) atoms. The Kier molecular flexibility index (Phi) is 4.04. The molecule has 6 nitrogen and oxygen atoms in total. The highest BCUT2D eigenvalue weighted by molar-refractivity contribution is 9.10. The van der Waals surface area contributed by atoms with Crippen molar-refractivity contribution in [2.24, 2.45) is 0 Å². The summed E-state index contributed by atoms with van der Waals surface area (Å²) in [7, 11) is 1.31. The first-order valence-electron chi connectivity index (χ1n) is 6.22. The number of aromatic nitrogens is 2. The molecule has 0 aliphatic heterocycles. The Morgan fingerprint density at radius 1 is 1.29 bits per heavy atom. The second-order valence-electron chi connectivity index (χ2n) is 5.42. The standard InChI is InChI=1S/C14H15BrN2O4/c1-14(2,3)21-13(19)17-11-9(7-16-17)5-8(6-10(11)15)12(18)20-4/h5-7H,1-4H3. The summed E-state index contributed by atoms with van der Waals surface area (Å²) in [4.78, 5) is 23.7. The maximum atomic E-state index is 12.1. The molecule has 112 valence electrons. The molecule has 0 unspecified atom stereocenters. The van der Waals surface area contributed by atoms with Gasteiger partial charge in [-0.3, -0.25) is 0 Å². The fourth-order valence-corrected chi connectivity index (χ4v) is 2.44. The second-order valence-corrected chi connectivity index (χ2v) is 6.28. The van der Waals surface area contributed by atoms with Crippen LogP contribution in [-0.4, -0.2) is 34.6 Å². The Morgan fingerprint density at radius 3 is 2.52 bits per heavy atom. The van der Waals surface area contributed by atoms with Gasteiger partial charge in [0.25, 0.3) is 0 Å². The van der Waals surface area contributed by atoms with Gasteiger partial charge in [-0.25, -0.2) is 9.59 Å². The highest BCUT2D eigenvalue weighted by Gasteiger charge is 2.22. The quantitative estimate of drug-likeness (QED) is 0.734. The van der Waals surface area contributed by atoms with E-state index in [4.69, 9.17) is 4.74 Å². The van der Waals surface area contributed by atoms with Gasteiger partial charge in [-0.2, -0.15) is 9.78 Å². The van der Waals surface area contributed by atoms with Crippen LogP contribution in [0.2, 0.25) is 0 Å². The van der Waals surface area contributed by atoms with Crippen LogP contribution in [0.5, 0.6) is 0 Å². The maximum absolute atomic E-state index is 12.1. The van der Waals surface area contributed by atoms with Gasteiger partial charge >= 0.3 is 12.1 Å². The first-order valence-corrected chi connectivity index (χ1v) is 7.01. The van der Waals surface area contributed by atoms with Gasteiger partial charge in [0.1, 0.15) is 5.60 Å². The Bertz CT molecular complexity index is 716. The van der Waals surface area contributed by atoms with Crippen molar-refractivity contribution in [2.45, 2.75) is 26.4 Å². The molecule has 0 saturated carbocycles. The molecule has 0 aliphatic rings. The monoisotopic (exact) mass is 354 g/mol. The zero-order chi connectivity index (χ0) is 15.8. The van der Waals surface area contributed by atoms with Gasteiger partial charge in [0.05, 0.1) is 24.4 Å². The van der Waals surface area contributed by atoms with Gasteiger partial charge in [-0.15, -0.1) is 0 Å². The number of methoxy groups -OCH3 is 1. The summed E-state index contributed by atoms with van der Waals surface area (Å²) in [6.45, 7) is 5.34. The first-order chi connectivity index (χ1) is 9.73. The van der Waals surface area contributed by atoms with E-state index >= 15 is 0 Å². The fourth-order valence-electron chi connectivity index (χ4n) is 1.80. The number of carbonyl (C=O) groups excluding carboxylic acids is 2. The van der Waals surface area contributed by atoms with E-state index in [9.17, 15) is 9.59 Å². The molecule has 7 heteroatoms. The van der Waals surface area contributed by atoms with E-state index in [0.717, 1.165) is 4.68 Å². The lowest BCUT2D eigenvalue weighted by atomic mass is 10.1. The minimum atomic E-state index is -0.617. The van der Waals surface area contributed by atoms with Crippen molar-refractivity contribution >= 4 is 38.9 Å². The summed E-state index contributed by atoms with van der Waals surface area (Å²) < 4.78 is 11.7. The zero-order valence-corrected chi connectivity index (χ0v) is 13.7. The molecular weight excluding hydrogens is 340 g/mol. The summed E-state index contributed by atoms with van der Waals surface area (Å²) in [5, 5.41) is 4.66. The topological polar surface area (TPSA) is 70.4 Å². The molecule has 0 spiro atoms. The number of fused-ring (bicyclic) bond motifs is 1. The largest absolute Gasteiger partial charge is 0.465 e. The molecule has 0 atom stereocenters. The van der Waals surface area contributed by atoms with E-state index in [0.29, 0.717) is 20.9 Å². The second kappa shape index (κ2) is 5.48. The lowest BCUT2D eigenvalue weighted by Crippen LogP contribution is -2.27. The summed E-state index contributed by atoms with van der Waals surface area (Å²) in [5.74, 6) is -0.456. The van der Waals surface area contributed by atoms with Gasteiger partial charge in [-0.05, 0) is 48.8 Å². The van der Waals surface area contributed by atoms with Crippen molar-refractivity contribution in [3.63, 3.8) is 0 Å². The average Bonchev–Trinajstić information content (AvgIpc) is 2.80. The summed E-state index contributed by atoms with van der Waals surface area (Å²) in [6.07, 6.45) is 0.917. The van der Waals surface area contributed by atoms with Crippen LogP contribution in [0.25, 0.3) is 10.9 Å². The summed E-state index contributed by atoms with van der Waals surface area (Å²) in [5.41, 5.74) is 0.297. The van der Waals surface area contributed by atoms with E-state index in [1.165, 1.54) is 13.3 Å². The first kappa shape index (κ1) is 15.5. The Hall–Kier alpha value is -1.89. The molecule has 0 amide bonds. The number of esters is 1. The summed E-state index contributed by atoms with van der Waals surface area (Å²) in [6, 6.07) is 3.19. The molecule has 0 N–H and O–H groups in total. The Balaban J connectivity index is 2.50. The average molecular weight is 355 g/mol. The fraction of sp³-hybridized carbons (Fsp3) is 0.357. The molecule has 1 aromatic heterocycles. The third-order valence-electron chi connectivity index (χ3n) is 2.60. The maximum Gasteiger partial charge on any atom is 0.435 e. The van der Waals surface area contributed by atoms with Crippen molar-refractivity contribution < 1.29 is 19.1 Å². The molecule has 1 heterocycles. The van der Waals surface area contributed by atoms with Crippen LogP contribution in [0.1, 0.15) is 31.1 Å². The smallest absolute Gasteiger partial charge is 0.435 e. The predicted molar refractivity (Wildman–Crippen MR) is 80.4 cm³/mol. The van der Waals surface area contributed by atoms with E-state index in [1.54, 1.807) is 32.9 Å². The molecule has 0 aliphatic carbocycles.